The summed E-state index contributed by atoms with van der Waals surface area (Å²) in [5.74, 6) is 0. The van der Waals surface area contributed by atoms with Gasteiger partial charge in [0.2, 0.25) is 0 Å². The zero-order valence-electron chi connectivity index (χ0n) is 13.0. The van der Waals surface area contributed by atoms with Crippen LogP contribution in [0.1, 0.15) is 31.9 Å². The molecule has 0 saturated heterocycles. The summed E-state index contributed by atoms with van der Waals surface area (Å²) in [4.78, 5) is 4.68. The summed E-state index contributed by atoms with van der Waals surface area (Å²) in [6.07, 6.45) is 3.95. The van der Waals surface area contributed by atoms with Gasteiger partial charge in [0.25, 0.3) is 0 Å². The lowest BCUT2D eigenvalue weighted by atomic mass is 9.86. The Kier molecular flexibility index (Phi) is 3.01. The van der Waals surface area contributed by atoms with Crippen LogP contribution in [0.3, 0.4) is 0 Å². The summed E-state index contributed by atoms with van der Waals surface area (Å²) < 4.78 is 1.98. The molecule has 0 aliphatic rings. The Hall–Kier alpha value is -2.29. The highest BCUT2D eigenvalue weighted by Crippen LogP contribution is 2.26. The van der Waals surface area contributed by atoms with Crippen LogP contribution in [0.4, 0.5) is 5.69 Å². The normalized spacial score (nSPS) is 12.0. The van der Waals surface area contributed by atoms with Crippen LogP contribution in [0.2, 0.25) is 0 Å². The van der Waals surface area contributed by atoms with Crippen LogP contribution < -0.4 is 5.73 Å². The highest BCUT2D eigenvalue weighted by atomic mass is 15.0. The SMILES string of the molecule is Cc1cc2nc(-c3ccc(C(C)(C)C)cc3)cn2cc1N. The topological polar surface area (TPSA) is 43.3 Å². The average molecular weight is 279 g/mol. The van der Waals surface area contributed by atoms with E-state index in [1.165, 1.54) is 5.56 Å². The lowest BCUT2D eigenvalue weighted by molar-refractivity contribution is 0.590. The molecule has 0 aliphatic heterocycles. The molecule has 21 heavy (non-hydrogen) atoms. The van der Waals surface area contributed by atoms with E-state index >= 15 is 0 Å². The van der Waals surface area contributed by atoms with E-state index in [2.05, 4.69) is 50.0 Å². The first-order valence-electron chi connectivity index (χ1n) is 7.20. The highest BCUT2D eigenvalue weighted by molar-refractivity contribution is 5.65. The molecule has 0 saturated carbocycles. The second-order valence-corrected chi connectivity index (χ2v) is 6.63. The second kappa shape index (κ2) is 4.62. The van der Waals surface area contributed by atoms with Crippen molar-refractivity contribution in [2.75, 3.05) is 5.73 Å². The Balaban J connectivity index is 2.04. The van der Waals surface area contributed by atoms with E-state index in [4.69, 9.17) is 5.73 Å². The van der Waals surface area contributed by atoms with Gasteiger partial charge in [0.1, 0.15) is 5.65 Å². The van der Waals surface area contributed by atoms with E-state index in [1.807, 2.05) is 29.8 Å². The van der Waals surface area contributed by atoms with E-state index in [1.54, 1.807) is 0 Å². The van der Waals surface area contributed by atoms with Crippen molar-refractivity contribution in [2.45, 2.75) is 33.1 Å². The minimum absolute atomic E-state index is 0.170. The number of nitrogens with two attached hydrogens (primary N) is 1. The molecular weight excluding hydrogens is 258 g/mol. The number of nitrogen functional groups attached to an aromatic ring is 1. The number of hydrogen-bond acceptors (Lipinski definition) is 2. The Morgan fingerprint density at radius 3 is 2.33 bits per heavy atom. The fraction of sp³-hybridized carbons (Fsp3) is 0.278. The van der Waals surface area contributed by atoms with Gasteiger partial charge >= 0.3 is 0 Å². The molecule has 2 aromatic heterocycles. The quantitative estimate of drug-likeness (QED) is 0.726. The second-order valence-electron chi connectivity index (χ2n) is 6.63. The highest BCUT2D eigenvalue weighted by Gasteiger charge is 2.13. The van der Waals surface area contributed by atoms with Crippen molar-refractivity contribution in [3.63, 3.8) is 0 Å². The number of nitrogens with zero attached hydrogens (tertiary/aromatic N) is 2. The van der Waals surface area contributed by atoms with Gasteiger partial charge in [-0.05, 0) is 29.5 Å². The Morgan fingerprint density at radius 1 is 1.05 bits per heavy atom. The van der Waals surface area contributed by atoms with Crippen LogP contribution in [0.15, 0.2) is 42.7 Å². The van der Waals surface area contributed by atoms with Gasteiger partial charge in [-0.15, -0.1) is 0 Å². The Morgan fingerprint density at radius 2 is 1.71 bits per heavy atom. The summed E-state index contributed by atoms with van der Waals surface area (Å²) in [7, 11) is 0. The van der Waals surface area contributed by atoms with Gasteiger partial charge in [-0.25, -0.2) is 4.98 Å². The molecule has 108 valence electrons. The van der Waals surface area contributed by atoms with Gasteiger partial charge in [-0.1, -0.05) is 45.0 Å². The summed E-state index contributed by atoms with van der Waals surface area (Å²) in [5, 5.41) is 0. The van der Waals surface area contributed by atoms with Crippen LogP contribution in [-0.2, 0) is 5.41 Å². The number of anilines is 1. The van der Waals surface area contributed by atoms with E-state index in [0.29, 0.717) is 0 Å². The number of hydrogen-bond donors (Lipinski definition) is 1. The maximum Gasteiger partial charge on any atom is 0.137 e. The summed E-state index contributed by atoms with van der Waals surface area (Å²) in [6, 6.07) is 10.7. The maximum atomic E-state index is 5.95. The number of imidazole rings is 1. The number of fused-ring (bicyclic) bond motifs is 1. The molecule has 1 aromatic carbocycles. The summed E-state index contributed by atoms with van der Waals surface area (Å²) >= 11 is 0. The molecule has 0 atom stereocenters. The standard InChI is InChI=1S/C18H21N3/c1-12-9-17-20-16(11-21(17)10-15(12)19)13-5-7-14(8-6-13)18(2,3)4/h5-11H,19H2,1-4H3. The molecular formula is C18H21N3. The Bertz CT molecular complexity index is 751. The minimum Gasteiger partial charge on any atom is -0.397 e. The van der Waals surface area contributed by atoms with Crippen molar-refractivity contribution >= 4 is 11.3 Å². The molecule has 0 spiro atoms. The Labute approximate surface area is 125 Å². The van der Waals surface area contributed by atoms with Gasteiger partial charge in [0.15, 0.2) is 0 Å². The first kappa shape index (κ1) is 13.7. The van der Waals surface area contributed by atoms with Gasteiger partial charge < -0.3 is 10.1 Å². The van der Waals surface area contributed by atoms with E-state index < -0.39 is 0 Å². The van der Waals surface area contributed by atoms with E-state index in [-0.39, 0.29) is 5.41 Å². The van der Waals surface area contributed by atoms with Crippen molar-refractivity contribution in [1.29, 1.82) is 0 Å². The molecule has 0 fully saturated rings. The molecule has 0 bridgehead atoms. The van der Waals surface area contributed by atoms with E-state index in [9.17, 15) is 0 Å². The number of rotatable bonds is 1. The number of benzene rings is 1. The van der Waals surface area contributed by atoms with Crippen LogP contribution in [0.5, 0.6) is 0 Å². The van der Waals surface area contributed by atoms with Crippen LogP contribution in [-0.4, -0.2) is 9.38 Å². The predicted molar refractivity (Wildman–Crippen MR) is 88.5 cm³/mol. The number of aromatic nitrogens is 2. The third-order valence-corrected chi connectivity index (χ3v) is 3.89. The molecule has 0 radical (unpaired) electrons. The molecule has 2 N–H and O–H groups in total. The molecule has 0 unspecified atom stereocenters. The van der Waals surface area contributed by atoms with Crippen molar-refractivity contribution in [1.82, 2.24) is 9.38 Å². The summed E-state index contributed by atoms with van der Waals surface area (Å²) in [6.45, 7) is 8.66. The first-order chi connectivity index (χ1) is 9.84. The van der Waals surface area contributed by atoms with Gasteiger partial charge in [-0.3, -0.25) is 0 Å². The van der Waals surface area contributed by atoms with Gasteiger partial charge in [0, 0.05) is 18.0 Å². The maximum absolute atomic E-state index is 5.95. The van der Waals surface area contributed by atoms with Crippen LogP contribution in [0, 0.1) is 6.92 Å². The molecule has 3 rings (SSSR count). The average Bonchev–Trinajstić information content (AvgIpc) is 2.81. The van der Waals surface area contributed by atoms with Gasteiger partial charge in [-0.2, -0.15) is 0 Å². The molecule has 3 nitrogen and oxygen atoms in total. The van der Waals surface area contributed by atoms with Gasteiger partial charge in [0.05, 0.1) is 11.4 Å². The van der Waals surface area contributed by atoms with Crippen molar-refractivity contribution in [3.05, 3.63) is 53.9 Å². The minimum atomic E-state index is 0.170. The third-order valence-electron chi connectivity index (χ3n) is 3.89. The van der Waals surface area contributed by atoms with Crippen molar-refractivity contribution in [2.24, 2.45) is 0 Å². The van der Waals surface area contributed by atoms with Crippen LogP contribution >= 0.6 is 0 Å². The third kappa shape index (κ3) is 2.51. The van der Waals surface area contributed by atoms with E-state index in [0.717, 1.165) is 28.2 Å². The smallest absolute Gasteiger partial charge is 0.137 e. The lowest BCUT2D eigenvalue weighted by Gasteiger charge is -2.18. The number of pyridine rings is 1. The fourth-order valence-electron chi connectivity index (χ4n) is 2.43. The monoisotopic (exact) mass is 279 g/mol. The molecule has 0 aliphatic carbocycles. The predicted octanol–water partition coefficient (Wildman–Crippen LogP) is 4.19. The summed E-state index contributed by atoms with van der Waals surface area (Å²) in [5.41, 5.74) is 12.3. The zero-order valence-corrected chi connectivity index (χ0v) is 13.0. The van der Waals surface area contributed by atoms with Crippen molar-refractivity contribution < 1.29 is 0 Å². The number of aryl methyl sites for hydroxylation is 1. The largest absolute Gasteiger partial charge is 0.397 e. The molecule has 0 amide bonds. The van der Waals surface area contributed by atoms with Crippen LogP contribution in [0.25, 0.3) is 16.9 Å². The molecule has 2 heterocycles. The molecule has 3 heteroatoms. The first-order valence-corrected chi connectivity index (χ1v) is 7.20. The van der Waals surface area contributed by atoms with Crippen molar-refractivity contribution in [3.8, 4) is 11.3 Å². The lowest BCUT2D eigenvalue weighted by Crippen LogP contribution is -2.10. The fourth-order valence-corrected chi connectivity index (χ4v) is 2.43. The molecule has 3 aromatic rings. The zero-order chi connectivity index (χ0) is 15.2.